The first-order valence-electron chi connectivity index (χ1n) is 26.0. The Hall–Kier alpha value is -4.72. The zero-order valence-corrected chi connectivity index (χ0v) is 46.4. The Morgan fingerprint density at radius 2 is 1.72 bits per heavy atom. The third kappa shape index (κ3) is 13.3. The lowest BCUT2D eigenvalue weighted by molar-refractivity contribution is -0.163. The van der Waals surface area contributed by atoms with Crippen LogP contribution < -0.4 is 18.9 Å². The molecule has 75 heavy (non-hydrogen) atoms. The minimum absolute atomic E-state index is 0.0184. The van der Waals surface area contributed by atoms with Crippen LogP contribution in [0.5, 0.6) is 23.1 Å². The number of halogens is 3. The highest BCUT2D eigenvalue weighted by Crippen LogP contribution is 2.54. The fraction of sp³-hybridized carbons (Fsp3) is 0.554. The van der Waals surface area contributed by atoms with Crippen LogP contribution in [0, 0.1) is 13.8 Å². The van der Waals surface area contributed by atoms with Crippen LogP contribution in [0.1, 0.15) is 98.3 Å². The molecular weight excluding hydrogens is 1020 g/mol. The molecule has 0 amide bonds. The van der Waals surface area contributed by atoms with Gasteiger partial charge in [-0.1, -0.05) is 35.7 Å². The maximum absolute atomic E-state index is 15.8. The summed E-state index contributed by atoms with van der Waals surface area (Å²) in [6.45, 7) is 15.5. The van der Waals surface area contributed by atoms with E-state index in [1.807, 2.05) is 58.9 Å². The lowest BCUT2D eigenvalue weighted by Gasteiger charge is -2.35. The van der Waals surface area contributed by atoms with E-state index in [0.717, 1.165) is 83.0 Å². The quantitative estimate of drug-likeness (QED) is 0.0681. The van der Waals surface area contributed by atoms with Gasteiger partial charge in [-0.25, -0.2) is 29.1 Å². The van der Waals surface area contributed by atoms with E-state index < -0.39 is 29.4 Å². The monoisotopic (exact) mass is 1090 g/mol. The Kier molecular flexibility index (Phi) is 17.8. The highest BCUT2D eigenvalue weighted by Gasteiger charge is 2.37. The van der Waals surface area contributed by atoms with Crippen molar-refractivity contribution in [1.29, 1.82) is 0 Å². The van der Waals surface area contributed by atoms with Crippen LogP contribution in [0.2, 0.25) is 10.0 Å². The number of likely N-dealkylation sites (N-methyl/N-ethyl adjacent to an activating group) is 1. The van der Waals surface area contributed by atoms with Gasteiger partial charge in [0.15, 0.2) is 11.6 Å². The van der Waals surface area contributed by atoms with Crippen molar-refractivity contribution in [3.63, 3.8) is 0 Å². The predicted octanol–water partition coefficient (Wildman–Crippen LogP) is 10.6. The molecule has 4 bridgehead atoms. The van der Waals surface area contributed by atoms with Crippen LogP contribution in [-0.4, -0.2) is 146 Å². The average molecular weight is 1090 g/mol. The van der Waals surface area contributed by atoms with Gasteiger partial charge in [0.2, 0.25) is 12.0 Å². The molecule has 1 saturated heterocycles. The van der Waals surface area contributed by atoms with Crippen molar-refractivity contribution < 1.29 is 47.1 Å². The molecule has 5 aliphatic rings. The van der Waals surface area contributed by atoms with Crippen molar-refractivity contribution in [2.75, 3.05) is 86.5 Å². The molecule has 6 heterocycles. The number of piperazine rings is 1. The SMILES string of the molecule is COCCOCCOC[C@]1(F)CC=C(c2nccc(COc3ccc4cc3C[C@H](C(=O)OC(C)(C)C)Oc3ncnc5sc(C6CCC6)c(c35)-c3c(C)c(Cl)c(c(Cl)c3C)O[C@H](CN3CCN(C)CC3)CO4)n2)CC1. The molecule has 10 rings (SSSR count). The molecule has 3 atom stereocenters. The number of carbonyl (C=O) groups is 1. The predicted molar refractivity (Wildman–Crippen MR) is 289 cm³/mol. The first kappa shape index (κ1) is 55.0. The molecule has 0 radical (unpaired) electrons. The number of thiophene rings is 1. The van der Waals surface area contributed by atoms with Gasteiger partial charge in [-0.2, -0.15) is 0 Å². The van der Waals surface area contributed by atoms with E-state index in [2.05, 4.69) is 21.8 Å². The fourth-order valence-electron chi connectivity index (χ4n) is 9.86. The van der Waals surface area contributed by atoms with E-state index in [1.165, 1.54) is 6.33 Å². The summed E-state index contributed by atoms with van der Waals surface area (Å²) < 4.78 is 65.1. The molecule has 2 aliphatic carbocycles. The van der Waals surface area contributed by atoms with E-state index in [1.54, 1.807) is 30.7 Å². The van der Waals surface area contributed by atoms with Crippen LogP contribution >= 0.6 is 34.5 Å². The van der Waals surface area contributed by atoms with Gasteiger partial charge in [0.05, 0.1) is 54.2 Å². The first-order chi connectivity index (χ1) is 36.1. The minimum Gasteiger partial charge on any atom is -0.490 e. The standard InChI is InChI=1S/C56H69Cl2FN6O9S/c1-34-44-35(2)48(58)49(47(34)57)72-41(29-65-21-19-64(6)20-22-65)31-70-40-11-12-42(71-30-39-15-18-60-51(63-39)37-13-16-56(59,17-14-37)32-69-26-25-68-24-23-67-7)38(27-40)28-43(54(66)74-55(3,4)5)73-52-46-45(44)50(36-9-8-10-36)75-53(46)62-33-61-52/h11-13,15,18,27,33,36,41,43H,8-10,14,16-17,19-26,28-32H2,1-7H3/t41-,43-,56+/m1/s1. The highest BCUT2D eigenvalue weighted by atomic mass is 35.5. The second kappa shape index (κ2) is 24.3. The Morgan fingerprint density at radius 1 is 0.960 bits per heavy atom. The van der Waals surface area contributed by atoms with Gasteiger partial charge < -0.3 is 42.8 Å². The number of ether oxygens (including phenoxy) is 8. The summed E-state index contributed by atoms with van der Waals surface area (Å²) in [5, 5.41) is 1.49. The van der Waals surface area contributed by atoms with E-state index in [-0.39, 0.29) is 50.9 Å². The number of hydrogen-bond acceptors (Lipinski definition) is 16. The van der Waals surface area contributed by atoms with Gasteiger partial charge in [0.25, 0.3) is 0 Å². The number of esters is 1. The second-order valence-electron chi connectivity index (χ2n) is 21.1. The Morgan fingerprint density at radius 3 is 2.43 bits per heavy atom. The summed E-state index contributed by atoms with van der Waals surface area (Å²) in [5.41, 5.74) is 3.12. The highest BCUT2D eigenvalue weighted by molar-refractivity contribution is 7.19. The lowest BCUT2D eigenvalue weighted by atomic mass is 9.80. The van der Waals surface area contributed by atoms with E-state index in [4.69, 9.17) is 76.0 Å². The molecular formula is C56H69Cl2FN6O9S. The largest absolute Gasteiger partial charge is 0.490 e. The van der Waals surface area contributed by atoms with Crippen LogP contribution in [0.3, 0.4) is 0 Å². The Labute approximate surface area is 453 Å². The number of carbonyl (C=O) groups excluding carboxylic acids is 1. The molecule has 3 aliphatic heterocycles. The summed E-state index contributed by atoms with van der Waals surface area (Å²) in [6.07, 6.45) is 7.42. The van der Waals surface area contributed by atoms with E-state index >= 15 is 4.39 Å². The Balaban J connectivity index is 1.06. The summed E-state index contributed by atoms with van der Waals surface area (Å²) in [4.78, 5) is 40.1. The summed E-state index contributed by atoms with van der Waals surface area (Å²) in [6, 6.07) is 7.31. The normalized spacial score (nSPS) is 20.9. The number of methoxy groups -OCH3 is 1. The van der Waals surface area contributed by atoms with Crippen molar-refractivity contribution >= 4 is 56.3 Å². The number of benzene rings is 2. The number of fused-ring (bicyclic) bond motifs is 7. The molecule has 2 fully saturated rings. The van der Waals surface area contributed by atoms with Gasteiger partial charge in [0.1, 0.15) is 53.2 Å². The summed E-state index contributed by atoms with van der Waals surface area (Å²) in [7, 11) is 3.74. The van der Waals surface area contributed by atoms with Gasteiger partial charge in [-0.05, 0) is 120 Å². The van der Waals surface area contributed by atoms with Crippen molar-refractivity contribution in [1.82, 2.24) is 29.7 Å². The molecule has 404 valence electrons. The van der Waals surface area contributed by atoms with Crippen molar-refractivity contribution in [3.05, 3.63) is 86.0 Å². The second-order valence-corrected chi connectivity index (χ2v) is 22.9. The van der Waals surface area contributed by atoms with E-state index in [0.29, 0.717) is 89.2 Å². The van der Waals surface area contributed by atoms with Crippen LogP contribution in [0.15, 0.2) is 42.9 Å². The number of rotatable bonds is 16. The molecule has 0 N–H and O–H groups in total. The van der Waals surface area contributed by atoms with E-state index in [9.17, 15) is 4.79 Å². The third-order valence-electron chi connectivity index (χ3n) is 14.3. The number of hydrogen-bond donors (Lipinski definition) is 0. The van der Waals surface area contributed by atoms with Gasteiger partial charge in [-0.15, -0.1) is 11.3 Å². The number of alkyl halides is 1. The number of aromatic nitrogens is 4. The zero-order valence-electron chi connectivity index (χ0n) is 44.1. The molecule has 19 heteroatoms. The average Bonchev–Trinajstić information content (AvgIpc) is 3.74. The minimum atomic E-state index is -1.49. The molecule has 2 aromatic carbocycles. The number of nitrogens with zero attached hydrogens (tertiary/aromatic N) is 6. The molecule has 3 aromatic heterocycles. The smallest absolute Gasteiger partial charge is 0.348 e. The zero-order chi connectivity index (χ0) is 52.9. The molecule has 1 saturated carbocycles. The molecule has 5 aromatic rings. The number of allylic oxidation sites excluding steroid dienone is 2. The van der Waals surface area contributed by atoms with Crippen LogP contribution in [-0.2, 0) is 36.8 Å². The maximum Gasteiger partial charge on any atom is 0.348 e. The Bertz CT molecular complexity index is 2820. The van der Waals surface area contributed by atoms with Crippen LogP contribution in [0.25, 0.3) is 26.9 Å². The van der Waals surface area contributed by atoms with Gasteiger partial charge >= 0.3 is 5.97 Å². The summed E-state index contributed by atoms with van der Waals surface area (Å²) in [5.74, 6) is 1.85. The summed E-state index contributed by atoms with van der Waals surface area (Å²) >= 11 is 16.5. The van der Waals surface area contributed by atoms with Crippen molar-refractivity contribution in [2.24, 2.45) is 0 Å². The van der Waals surface area contributed by atoms with Gasteiger partial charge in [0, 0.05) is 74.9 Å². The van der Waals surface area contributed by atoms with Gasteiger partial charge in [-0.3, -0.25) is 4.90 Å². The molecule has 0 unspecified atom stereocenters. The fourth-order valence-corrected chi connectivity index (χ4v) is 11.7. The topological polar surface area (TPSA) is 149 Å². The molecule has 15 nitrogen and oxygen atoms in total. The maximum atomic E-state index is 15.8. The molecule has 0 spiro atoms. The lowest BCUT2D eigenvalue weighted by Crippen LogP contribution is -2.49. The van der Waals surface area contributed by atoms with Crippen molar-refractivity contribution in [3.8, 4) is 34.3 Å². The van der Waals surface area contributed by atoms with Crippen LogP contribution in [0.4, 0.5) is 4.39 Å². The third-order valence-corrected chi connectivity index (χ3v) is 16.4. The van der Waals surface area contributed by atoms with Crippen molar-refractivity contribution in [2.45, 2.75) is 116 Å². The first-order valence-corrected chi connectivity index (χ1v) is 27.6.